The minimum absolute atomic E-state index is 0.0530. The summed E-state index contributed by atoms with van der Waals surface area (Å²) in [4.78, 5) is 33.6. The predicted molar refractivity (Wildman–Crippen MR) is 106 cm³/mol. The molecule has 1 aliphatic heterocycles. The quantitative estimate of drug-likeness (QED) is 0.609. The number of halogens is 2. The molecule has 2 aromatic rings. The fraction of sp³-hybridized carbons (Fsp3) is 0.300. The number of hydrogen-bond donors (Lipinski definition) is 1. The number of hydrogen-bond acceptors (Lipinski definition) is 5. The Morgan fingerprint density at radius 1 is 1.41 bits per heavy atom. The highest BCUT2D eigenvalue weighted by atomic mass is 35.5. The summed E-state index contributed by atoms with van der Waals surface area (Å²) < 4.78 is 20.3. The van der Waals surface area contributed by atoms with E-state index >= 15 is 0 Å². The second-order valence-corrected chi connectivity index (χ2v) is 6.89. The van der Waals surface area contributed by atoms with E-state index in [1.54, 1.807) is 17.0 Å². The molecule has 1 saturated heterocycles. The van der Waals surface area contributed by atoms with Gasteiger partial charge < -0.3 is 15.0 Å². The number of carbonyl (C=O) groups excluding carboxylic acids is 2. The minimum Gasteiger partial charge on any atom is -0.370 e. The summed E-state index contributed by atoms with van der Waals surface area (Å²) in [7, 11) is 1.46. The van der Waals surface area contributed by atoms with Gasteiger partial charge in [-0.05, 0) is 36.8 Å². The van der Waals surface area contributed by atoms with E-state index in [-0.39, 0.29) is 34.1 Å². The zero-order chi connectivity index (χ0) is 21.1. The monoisotopic (exact) mass is 418 g/mol. The van der Waals surface area contributed by atoms with Crippen LogP contribution in [0.25, 0.3) is 11.3 Å². The first kappa shape index (κ1) is 20.9. The van der Waals surface area contributed by atoms with Gasteiger partial charge in [0.1, 0.15) is 17.0 Å². The van der Waals surface area contributed by atoms with Crippen LogP contribution in [0.1, 0.15) is 29.1 Å². The average Bonchev–Trinajstić information content (AvgIpc) is 2.72. The summed E-state index contributed by atoms with van der Waals surface area (Å²) >= 11 is 6.19. The van der Waals surface area contributed by atoms with E-state index in [4.69, 9.17) is 16.3 Å². The molecule has 3 heterocycles. The van der Waals surface area contributed by atoms with E-state index in [2.05, 4.69) is 21.9 Å². The minimum atomic E-state index is -0.639. The van der Waals surface area contributed by atoms with Gasteiger partial charge in [0, 0.05) is 19.2 Å². The molecule has 0 spiro atoms. The Labute approximate surface area is 172 Å². The number of amides is 2. The highest BCUT2D eigenvalue weighted by Crippen LogP contribution is 2.33. The number of rotatable bonds is 4. The Morgan fingerprint density at radius 3 is 2.86 bits per heavy atom. The smallest absolute Gasteiger partial charge is 0.269 e. The summed E-state index contributed by atoms with van der Waals surface area (Å²) in [6.07, 6.45) is 1.75. The number of nitrogens with one attached hydrogen (secondary N) is 1. The molecule has 2 aromatic heterocycles. The number of pyridine rings is 2. The number of carbonyl (C=O) groups is 2. The Balaban J connectivity index is 2.02. The topological polar surface area (TPSA) is 84.4 Å². The van der Waals surface area contributed by atoms with Crippen LogP contribution < -0.4 is 5.32 Å². The van der Waals surface area contributed by atoms with Gasteiger partial charge in [0.05, 0.1) is 24.5 Å². The average molecular weight is 419 g/mol. The van der Waals surface area contributed by atoms with E-state index in [1.807, 2.05) is 6.92 Å². The number of ether oxygens (including phenoxy) is 1. The molecule has 2 amide bonds. The molecule has 3 rings (SSSR count). The van der Waals surface area contributed by atoms with Gasteiger partial charge in [-0.3, -0.25) is 9.59 Å². The zero-order valence-electron chi connectivity index (χ0n) is 16.0. The fourth-order valence-electron chi connectivity index (χ4n) is 3.29. The van der Waals surface area contributed by atoms with Crippen LogP contribution in [0.3, 0.4) is 0 Å². The molecule has 1 fully saturated rings. The van der Waals surface area contributed by atoms with Crippen LogP contribution in [0.15, 0.2) is 37.1 Å². The molecule has 0 saturated carbocycles. The standard InChI is InChI=1S/C20H20ClFN4O3/c1-4-18(27)26-5-6-29-19(11(26)2)12-7-15(25-17(21)8-12)13-9-16(20(28)23-3)24-10-14(13)22/h4,7-11,19H,1,5-6H2,2-3H3,(H,23,28)/t11-,19+/m1/s1. The van der Waals surface area contributed by atoms with Crippen LogP contribution in [0, 0.1) is 5.82 Å². The molecule has 0 radical (unpaired) electrons. The summed E-state index contributed by atoms with van der Waals surface area (Å²) in [5.41, 5.74) is 1.02. The molecule has 0 unspecified atom stereocenters. The van der Waals surface area contributed by atoms with Crippen molar-refractivity contribution in [3.63, 3.8) is 0 Å². The maximum atomic E-state index is 14.4. The number of morpholine rings is 1. The van der Waals surface area contributed by atoms with Gasteiger partial charge >= 0.3 is 0 Å². The molecule has 29 heavy (non-hydrogen) atoms. The van der Waals surface area contributed by atoms with Crippen molar-refractivity contribution in [2.45, 2.75) is 19.1 Å². The van der Waals surface area contributed by atoms with Crippen LogP contribution in [0.4, 0.5) is 4.39 Å². The highest BCUT2D eigenvalue weighted by Gasteiger charge is 2.32. The fourth-order valence-corrected chi connectivity index (χ4v) is 3.51. The van der Waals surface area contributed by atoms with Crippen LogP contribution in [0.2, 0.25) is 5.15 Å². The first-order valence-electron chi connectivity index (χ1n) is 8.95. The number of aromatic nitrogens is 2. The molecule has 1 N–H and O–H groups in total. The van der Waals surface area contributed by atoms with Crippen molar-refractivity contribution in [3.05, 3.63) is 59.3 Å². The Hall–Kier alpha value is -2.84. The van der Waals surface area contributed by atoms with Crippen molar-refractivity contribution in [1.29, 1.82) is 0 Å². The van der Waals surface area contributed by atoms with Crippen molar-refractivity contribution in [1.82, 2.24) is 20.2 Å². The SMILES string of the molecule is C=CC(=O)N1CCO[C@H](c2cc(Cl)nc(-c3cc(C(=O)NC)ncc3F)c2)[C@H]1C. The van der Waals surface area contributed by atoms with Gasteiger partial charge in [0.25, 0.3) is 5.91 Å². The van der Waals surface area contributed by atoms with Crippen LogP contribution in [-0.4, -0.2) is 52.9 Å². The van der Waals surface area contributed by atoms with Crippen molar-refractivity contribution in [2.75, 3.05) is 20.2 Å². The van der Waals surface area contributed by atoms with E-state index in [9.17, 15) is 14.0 Å². The molecule has 2 atom stereocenters. The zero-order valence-corrected chi connectivity index (χ0v) is 16.7. The van der Waals surface area contributed by atoms with E-state index < -0.39 is 17.8 Å². The Bertz CT molecular complexity index is 969. The van der Waals surface area contributed by atoms with E-state index in [1.165, 1.54) is 19.2 Å². The number of nitrogens with zero attached hydrogens (tertiary/aromatic N) is 3. The van der Waals surface area contributed by atoms with Crippen LogP contribution in [-0.2, 0) is 9.53 Å². The molecular formula is C20H20ClFN4O3. The van der Waals surface area contributed by atoms with E-state index in [0.29, 0.717) is 18.7 Å². The summed E-state index contributed by atoms with van der Waals surface area (Å²) in [5.74, 6) is -1.28. The van der Waals surface area contributed by atoms with Crippen molar-refractivity contribution < 1.29 is 18.7 Å². The molecule has 0 aliphatic carbocycles. The lowest BCUT2D eigenvalue weighted by molar-refractivity contribution is -0.140. The first-order chi connectivity index (χ1) is 13.8. The predicted octanol–water partition coefficient (Wildman–Crippen LogP) is 2.77. The van der Waals surface area contributed by atoms with Gasteiger partial charge in [-0.25, -0.2) is 14.4 Å². The van der Waals surface area contributed by atoms with Gasteiger partial charge in [-0.1, -0.05) is 18.2 Å². The molecule has 152 valence electrons. The maximum Gasteiger partial charge on any atom is 0.269 e. The lowest BCUT2D eigenvalue weighted by Crippen LogP contribution is -2.48. The third-order valence-electron chi connectivity index (χ3n) is 4.75. The molecule has 0 aromatic carbocycles. The second kappa shape index (κ2) is 8.67. The molecule has 1 aliphatic rings. The van der Waals surface area contributed by atoms with Crippen LogP contribution in [0.5, 0.6) is 0 Å². The van der Waals surface area contributed by atoms with Gasteiger partial charge in [-0.2, -0.15) is 0 Å². The van der Waals surface area contributed by atoms with Gasteiger partial charge in [0.2, 0.25) is 5.91 Å². The Morgan fingerprint density at radius 2 is 2.17 bits per heavy atom. The largest absolute Gasteiger partial charge is 0.370 e. The molecular weight excluding hydrogens is 399 g/mol. The molecule has 7 nitrogen and oxygen atoms in total. The third-order valence-corrected chi connectivity index (χ3v) is 4.95. The van der Waals surface area contributed by atoms with Crippen molar-refractivity contribution in [3.8, 4) is 11.3 Å². The Kier molecular flexibility index (Phi) is 6.24. The van der Waals surface area contributed by atoms with Gasteiger partial charge in [0.15, 0.2) is 5.82 Å². The summed E-state index contributed by atoms with van der Waals surface area (Å²) in [6.45, 7) is 6.18. The van der Waals surface area contributed by atoms with Gasteiger partial charge in [-0.15, -0.1) is 0 Å². The summed E-state index contributed by atoms with van der Waals surface area (Å²) in [6, 6.07) is 4.28. The normalized spacial score (nSPS) is 19.0. The molecule has 9 heteroatoms. The van der Waals surface area contributed by atoms with E-state index in [0.717, 1.165) is 6.20 Å². The highest BCUT2D eigenvalue weighted by molar-refractivity contribution is 6.29. The first-order valence-corrected chi connectivity index (χ1v) is 9.33. The second-order valence-electron chi connectivity index (χ2n) is 6.50. The lowest BCUT2D eigenvalue weighted by atomic mass is 9.99. The third kappa shape index (κ3) is 4.28. The molecule has 0 bridgehead atoms. The lowest BCUT2D eigenvalue weighted by Gasteiger charge is -2.39. The summed E-state index contributed by atoms with van der Waals surface area (Å²) in [5, 5.41) is 2.58. The van der Waals surface area contributed by atoms with Crippen molar-refractivity contribution in [2.24, 2.45) is 0 Å². The van der Waals surface area contributed by atoms with Crippen LogP contribution >= 0.6 is 11.6 Å². The van der Waals surface area contributed by atoms with Crippen molar-refractivity contribution >= 4 is 23.4 Å². The maximum absolute atomic E-state index is 14.4.